The van der Waals surface area contributed by atoms with Gasteiger partial charge < -0.3 is 4.57 Å². The number of nitrogens with zero attached hydrogens (tertiary/aromatic N) is 4. The zero-order valence-corrected chi connectivity index (χ0v) is 29.8. The first-order chi connectivity index (χ1) is 27.2. The maximum Gasteiger partial charge on any atom is 0.164 e. The Morgan fingerprint density at radius 1 is 0.291 bits per heavy atom. The molecule has 0 unspecified atom stereocenters. The fourth-order valence-corrected chi connectivity index (χ4v) is 8.15. The summed E-state index contributed by atoms with van der Waals surface area (Å²) in [5.74, 6) is 1.90. The van der Waals surface area contributed by atoms with Crippen molar-refractivity contribution >= 4 is 54.1 Å². The highest BCUT2D eigenvalue weighted by Crippen LogP contribution is 2.40. The SMILES string of the molecule is c1ccc(-c2nc(-c3ccc4ccccc4c3)nc(-c3ccc(-n4c5ccccc5c5cc6ccccc6cc54)cc3-c3cccc4ccccc34)n2)cc1. The molecule has 0 spiro atoms. The van der Waals surface area contributed by atoms with E-state index in [1.54, 1.807) is 0 Å². The molecule has 4 nitrogen and oxygen atoms in total. The molecule has 2 heterocycles. The van der Waals surface area contributed by atoms with Gasteiger partial charge in [0.2, 0.25) is 0 Å². The van der Waals surface area contributed by atoms with Gasteiger partial charge in [-0.1, -0.05) is 152 Å². The Kier molecular flexibility index (Phi) is 7.14. The highest BCUT2D eigenvalue weighted by molar-refractivity contribution is 6.14. The number of hydrogen-bond acceptors (Lipinski definition) is 3. The zero-order chi connectivity index (χ0) is 36.3. The number of hydrogen-bond donors (Lipinski definition) is 0. The molecule has 256 valence electrons. The second-order valence-electron chi connectivity index (χ2n) is 14.1. The van der Waals surface area contributed by atoms with E-state index in [0.717, 1.165) is 44.4 Å². The van der Waals surface area contributed by atoms with Crippen LogP contribution in [0.5, 0.6) is 0 Å². The minimum atomic E-state index is 0.625. The van der Waals surface area contributed by atoms with Gasteiger partial charge >= 0.3 is 0 Å². The van der Waals surface area contributed by atoms with Crippen molar-refractivity contribution in [3.8, 4) is 51.0 Å². The predicted molar refractivity (Wildman–Crippen MR) is 228 cm³/mol. The largest absolute Gasteiger partial charge is 0.309 e. The van der Waals surface area contributed by atoms with Crippen LogP contribution in [-0.4, -0.2) is 19.5 Å². The summed E-state index contributed by atoms with van der Waals surface area (Å²) < 4.78 is 2.40. The molecule has 0 saturated heterocycles. The molecule has 11 aromatic rings. The van der Waals surface area contributed by atoms with E-state index in [2.05, 4.69) is 180 Å². The van der Waals surface area contributed by atoms with Gasteiger partial charge in [-0.25, -0.2) is 15.0 Å². The van der Waals surface area contributed by atoms with Crippen molar-refractivity contribution in [3.63, 3.8) is 0 Å². The van der Waals surface area contributed by atoms with Crippen LogP contribution in [0.3, 0.4) is 0 Å². The molecule has 0 amide bonds. The summed E-state index contributed by atoms with van der Waals surface area (Å²) in [6.45, 7) is 0. The van der Waals surface area contributed by atoms with E-state index >= 15 is 0 Å². The van der Waals surface area contributed by atoms with E-state index in [4.69, 9.17) is 15.0 Å². The number of aromatic nitrogens is 4. The third kappa shape index (κ3) is 5.26. The first-order valence-corrected chi connectivity index (χ1v) is 18.6. The average molecular weight is 701 g/mol. The van der Waals surface area contributed by atoms with Gasteiger partial charge in [0.1, 0.15) is 0 Å². The van der Waals surface area contributed by atoms with Gasteiger partial charge in [0.25, 0.3) is 0 Å². The number of benzene rings is 9. The van der Waals surface area contributed by atoms with Crippen molar-refractivity contribution in [3.05, 3.63) is 194 Å². The smallest absolute Gasteiger partial charge is 0.164 e. The van der Waals surface area contributed by atoms with E-state index in [0.29, 0.717) is 17.5 Å². The summed E-state index contributed by atoms with van der Waals surface area (Å²) >= 11 is 0. The van der Waals surface area contributed by atoms with Crippen molar-refractivity contribution in [2.45, 2.75) is 0 Å². The normalized spacial score (nSPS) is 11.6. The van der Waals surface area contributed by atoms with Gasteiger partial charge in [-0.2, -0.15) is 0 Å². The van der Waals surface area contributed by atoms with Gasteiger partial charge in [0.05, 0.1) is 11.0 Å². The Morgan fingerprint density at radius 2 is 0.909 bits per heavy atom. The second-order valence-corrected chi connectivity index (χ2v) is 14.1. The van der Waals surface area contributed by atoms with Crippen molar-refractivity contribution < 1.29 is 0 Å². The molecule has 55 heavy (non-hydrogen) atoms. The number of para-hydroxylation sites is 1. The first kappa shape index (κ1) is 31.1. The van der Waals surface area contributed by atoms with Crippen LogP contribution in [0.4, 0.5) is 0 Å². The Hall–Kier alpha value is -7.43. The Labute approximate surface area is 317 Å². The Balaban J connectivity index is 1.20. The molecular formula is C51H32N4. The van der Waals surface area contributed by atoms with Gasteiger partial charge in [-0.05, 0) is 85.9 Å². The molecule has 0 aliphatic heterocycles. The molecular weight excluding hydrogens is 669 g/mol. The highest BCUT2D eigenvalue weighted by Gasteiger charge is 2.20. The summed E-state index contributed by atoms with van der Waals surface area (Å²) in [6.07, 6.45) is 0. The quantitative estimate of drug-likeness (QED) is 0.179. The van der Waals surface area contributed by atoms with Crippen LogP contribution in [-0.2, 0) is 0 Å². The minimum absolute atomic E-state index is 0.625. The van der Waals surface area contributed by atoms with E-state index in [1.165, 1.54) is 43.2 Å². The fraction of sp³-hybridized carbons (Fsp3) is 0. The lowest BCUT2D eigenvalue weighted by Gasteiger charge is -2.17. The van der Waals surface area contributed by atoms with Crippen LogP contribution in [0.15, 0.2) is 194 Å². The zero-order valence-electron chi connectivity index (χ0n) is 29.8. The minimum Gasteiger partial charge on any atom is -0.309 e. The van der Waals surface area contributed by atoms with Crippen molar-refractivity contribution in [1.29, 1.82) is 0 Å². The summed E-state index contributed by atoms with van der Waals surface area (Å²) in [5.41, 5.74) is 8.39. The molecule has 2 aromatic heterocycles. The Morgan fingerprint density at radius 3 is 1.73 bits per heavy atom. The molecule has 0 bridgehead atoms. The molecule has 0 aliphatic carbocycles. The van der Waals surface area contributed by atoms with Crippen molar-refractivity contribution in [1.82, 2.24) is 19.5 Å². The molecule has 11 rings (SSSR count). The van der Waals surface area contributed by atoms with Gasteiger partial charge in [-0.15, -0.1) is 0 Å². The summed E-state index contributed by atoms with van der Waals surface area (Å²) in [7, 11) is 0. The van der Waals surface area contributed by atoms with Crippen LogP contribution in [0.2, 0.25) is 0 Å². The van der Waals surface area contributed by atoms with Crippen LogP contribution in [0, 0.1) is 0 Å². The molecule has 9 aromatic carbocycles. The molecule has 0 radical (unpaired) electrons. The fourth-order valence-electron chi connectivity index (χ4n) is 8.15. The standard InChI is InChI=1S/C51H32N4/c1-2-15-35(16-3-1)49-52-50(39-26-25-33-13-4-5-17-36(33)29-39)54-51(53-49)44-28-27-40(32-45(44)42-23-12-20-34-14-8-9-21-41(34)42)55-47-24-11-10-22-43(47)46-30-37-18-6-7-19-38(37)31-48(46)55/h1-32H. The van der Waals surface area contributed by atoms with Crippen molar-refractivity contribution in [2.75, 3.05) is 0 Å². The summed E-state index contributed by atoms with van der Waals surface area (Å²) in [5, 5.41) is 9.57. The molecule has 0 N–H and O–H groups in total. The third-order valence-corrected chi connectivity index (χ3v) is 10.8. The number of fused-ring (bicyclic) bond motifs is 6. The molecule has 0 saturated carbocycles. The van der Waals surface area contributed by atoms with Crippen molar-refractivity contribution in [2.24, 2.45) is 0 Å². The summed E-state index contributed by atoms with van der Waals surface area (Å²) in [6, 6.07) is 68.8. The van der Waals surface area contributed by atoms with E-state index in [-0.39, 0.29) is 0 Å². The van der Waals surface area contributed by atoms with Crippen LogP contribution >= 0.6 is 0 Å². The maximum atomic E-state index is 5.27. The topological polar surface area (TPSA) is 43.6 Å². The van der Waals surface area contributed by atoms with Crippen LogP contribution < -0.4 is 0 Å². The molecule has 0 fully saturated rings. The molecule has 0 aliphatic rings. The van der Waals surface area contributed by atoms with E-state index in [9.17, 15) is 0 Å². The van der Waals surface area contributed by atoms with E-state index < -0.39 is 0 Å². The highest BCUT2D eigenvalue weighted by atomic mass is 15.0. The maximum absolute atomic E-state index is 5.27. The lowest BCUT2D eigenvalue weighted by molar-refractivity contribution is 1.07. The van der Waals surface area contributed by atoms with Gasteiger partial charge in [-0.3, -0.25) is 0 Å². The van der Waals surface area contributed by atoms with E-state index in [1.807, 2.05) is 18.2 Å². The number of rotatable bonds is 5. The third-order valence-electron chi connectivity index (χ3n) is 10.8. The van der Waals surface area contributed by atoms with Gasteiger partial charge in [0, 0.05) is 33.2 Å². The monoisotopic (exact) mass is 700 g/mol. The first-order valence-electron chi connectivity index (χ1n) is 18.6. The molecule has 4 heteroatoms. The molecule has 0 atom stereocenters. The average Bonchev–Trinajstić information content (AvgIpc) is 3.58. The van der Waals surface area contributed by atoms with Gasteiger partial charge in [0.15, 0.2) is 17.5 Å². The van der Waals surface area contributed by atoms with Crippen LogP contribution in [0.25, 0.3) is 105 Å². The lowest BCUT2D eigenvalue weighted by Crippen LogP contribution is -2.02. The van der Waals surface area contributed by atoms with Crippen LogP contribution in [0.1, 0.15) is 0 Å². The predicted octanol–water partition coefficient (Wildman–Crippen LogP) is 13.1. The lowest BCUT2D eigenvalue weighted by atomic mass is 9.93. The Bertz CT molecular complexity index is 3260. The second kappa shape index (κ2) is 12.6. The summed E-state index contributed by atoms with van der Waals surface area (Å²) in [4.78, 5) is 15.6.